The topological polar surface area (TPSA) is 66.1 Å². The second-order valence-corrected chi connectivity index (χ2v) is 7.34. The van der Waals surface area contributed by atoms with Crippen LogP contribution in [0, 0.1) is 27.7 Å². The van der Waals surface area contributed by atoms with Gasteiger partial charge in [0, 0.05) is 29.6 Å². The van der Waals surface area contributed by atoms with E-state index in [9.17, 15) is 9.59 Å². The Hall–Kier alpha value is -3.21. The lowest BCUT2D eigenvalue weighted by Gasteiger charge is -2.18. The molecule has 0 fully saturated rings. The minimum absolute atomic E-state index is 0.108. The number of pyridine rings is 2. The number of carbonyl (C=O) groups is 1. The van der Waals surface area contributed by atoms with E-state index in [1.54, 1.807) is 30.1 Å². The highest BCUT2D eigenvalue weighted by Crippen LogP contribution is 2.20. The quantitative estimate of drug-likeness (QED) is 0.751. The summed E-state index contributed by atoms with van der Waals surface area (Å²) in [6.07, 6.45) is 0. The van der Waals surface area contributed by atoms with Crippen LogP contribution in [0.3, 0.4) is 0 Å². The Labute approximate surface area is 165 Å². The largest absolute Gasteiger partial charge is 0.336 e. The molecule has 0 spiro atoms. The third kappa shape index (κ3) is 4.19. The van der Waals surface area contributed by atoms with Crippen molar-refractivity contribution in [3.8, 4) is 11.1 Å². The van der Waals surface area contributed by atoms with Crippen LogP contribution in [0.2, 0.25) is 0 Å². The second kappa shape index (κ2) is 7.80. The fraction of sp³-hybridized carbons (Fsp3) is 0.261. The smallest absolute Gasteiger partial charge is 0.256 e. The van der Waals surface area contributed by atoms with E-state index < -0.39 is 0 Å². The minimum atomic E-state index is -0.152. The molecule has 0 saturated heterocycles. The summed E-state index contributed by atoms with van der Waals surface area (Å²) in [5, 5.41) is 0. The summed E-state index contributed by atoms with van der Waals surface area (Å²) in [6, 6.07) is 13.1. The molecule has 1 N–H and O–H groups in total. The number of aromatic nitrogens is 2. The molecule has 0 bridgehead atoms. The maximum Gasteiger partial charge on any atom is 0.256 e. The highest BCUT2D eigenvalue weighted by Gasteiger charge is 2.15. The molecule has 0 aliphatic heterocycles. The zero-order valence-electron chi connectivity index (χ0n) is 17.0. The maximum atomic E-state index is 12.9. The van der Waals surface area contributed by atoms with Crippen molar-refractivity contribution in [2.45, 2.75) is 34.2 Å². The van der Waals surface area contributed by atoms with Crippen LogP contribution in [0.1, 0.15) is 38.6 Å². The first kappa shape index (κ1) is 19.5. The molecule has 0 atom stereocenters. The molecule has 0 radical (unpaired) electrons. The van der Waals surface area contributed by atoms with E-state index in [0.717, 1.165) is 33.8 Å². The van der Waals surface area contributed by atoms with Gasteiger partial charge in [0.1, 0.15) is 0 Å². The van der Waals surface area contributed by atoms with E-state index in [-0.39, 0.29) is 11.5 Å². The van der Waals surface area contributed by atoms with E-state index in [1.807, 2.05) is 52.0 Å². The number of aryl methyl sites for hydroxylation is 4. The SMILES string of the molecule is Cc1cc(C)nc(CN(C)C(=O)c2cccc(-c3cc(C)c(C)[nH]c3=O)c2)c1. The number of nitrogens with zero attached hydrogens (tertiary/aromatic N) is 2. The maximum absolute atomic E-state index is 12.9. The van der Waals surface area contributed by atoms with Crippen molar-refractivity contribution in [1.29, 1.82) is 0 Å². The molecule has 5 nitrogen and oxygen atoms in total. The molecule has 1 amide bonds. The highest BCUT2D eigenvalue weighted by atomic mass is 16.2. The van der Waals surface area contributed by atoms with Crippen LogP contribution in [0.25, 0.3) is 11.1 Å². The van der Waals surface area contributed by atoms with Gasteiger partial charge in [-0.2, -0.15) is 0 Å². The van der Waals surface area contributed by atoms with Gasteiger partial charge in [0.25, 0.3) is 11.5 Å². The molecule has 28 heavy (non-hydrogen) atoms. The second-order valence-electron chi connectivity index (χ2n) is 7.34. The Morgan fingerprint density at radius 1 is 1.07 bits per heavy atom. The van der Waals surface area contributed by atoms with Crippen LogP contribution in [0.4, 0.5) is 0 Å². The van der Waals surface area contributed by atoms with Gasteiger partial charge in [-0.05, 0) is 74.7 Å². The number of nitrogens with one attached hydrogen (secondary N) is 1. The first-order valence-corrected chi connectivity index (χ1v) is 9.25. The van der Waals surface area contributed by atoms with Crippen molar-refractivity contribution in [3.63, 3.8) is 0 Å². The zero-order chi connectivity index (χ0) is 20.4. The van der Waals surface area contributed by atoms with E-state index in [2.05, 4.69) is 9.97 Å². The minimum Gasteiger partial charge on any atom is -0.336 e. The summed E-state index contributed by atoms with van der Waals surface area (Å²) < 4.78 is 0. The first-order valence-electron chi connectivity index (χ1n) is 9.25. The van der Waals surface area contributed by atoms with Crippen molar-refractivity contribution in [3.05, 3.63) is 86.6 Å². The molecule has 2 heterocycles. The van der Waals surface area contributed by atoms with Gasteiger partial charge in [0.05, 0.1) is 12.2 Å². The van der Waals surface area contributed by atoms with Crippen LogP contribution in [-0.2, 0) is 6.54 Å². The molecule has 1 aromatic carbocycles. The summed E-state index contributed by atoms with van der Waals surface area (Å²) in [7, 11) is 1.76. The normalized spacial score (nSPS) is 10.8. The van der Waals surface area contributed by atoms with Gasteiger partial charge in [0.2, 0.25) is 0 Å². The Bertz CT molecular complexity index is 1080. The molecule has 3 aromatic rings. The summed E-state index contributed by atoms with van der Waals surface area (Å²) in [6.45, 7) is 8.22. The fourth-order valence-electron chi connectivity index (χ4n) is 3.30. The standard InChI is InChI=1S/C23H25N3O2/c1-14-9-16(3)24-20(10-14)13-26(5)23(28)19-8-6-7-18(12-19)21-11-15(2)17(4)25-22(21)27/h6-12H,13H2,1-5H3,(H,25,27). The number of amides is 1. The lowest BCUT2D eigenvalue weighted by Crippen LogP contribution is -2.26. The Morgan fingerprint density at radius 2 is 1.82 bits per heavy atom. The summed E-state index contributed by atoms with van der Waals surface area (Å²) in [5.41, 5.74) is 6.46. The Morgan fingerprint density at radius 3 is 2.54 bits per heavy atom. The van der Waals surface area contributed by atoms with Crippen molar-refractivity contribution < 1.29 is 4.79 Å². The average molecular weight is 375 g/mol. The zero-order valence-corrected chi connectivity index (χ0v) is 17.0. The predicted octanol–water partition coefficient (Wildman–Crippen LogP) is 3.94. The number of hydrogen-bond acceptors (Lipinski definition) is 3. The fourth-order valence-corrected chi connectivity index (χ4v) is 3.30. The lowest BCUT2D eigenvalue weighted by atomic mass is 10.0. The van der Waals surface area contributed by atoms with Gasteiger partial charge in [-0.15, -0.1) is 0 Å². The molecule has 0 saturated carbocycles. The molecule has 0 aliphatic carbocycles. The van der Waals surface area contributed by atoms with Crippen molar-refractivity contribution in [1.82, 2.24) is 14.9 Å². The van der Waals surface area contributed by atoms with E-state index in [0.29, 0.717) is 17.7 Å². The Kier molecular flexibility index (Phi) is 5.45. The third-order valence-corrected chi connectivity index (χ3v) is 4.82. The number of hydrogen-bond donors (Lipinski definition) is 1. The van der Waals surface area contributed by atoms with Gasteiger partial charge in [-0.3, -0.25) is 14.6 Å². The molecule has 144 valence electrons. The highest BCUT2D eigenvalue weighted by molar-refractivity contribution is 5.95. The van der Waals surface area contributed by atoms with E-state index >= 15 is 0 Å². The number of benzene rings is 1. The predicted molar refractivity (Wildman–Crippen MR) is 111 cm³/mol. The van der Waals surface area contributed by atoms with E-state index in [1.165, 1.54) is 0 Å². The number of rotatable bonds is 4. The molecule has 3 rings (SSSR count). The van der Waals surface area contributed by atoms with Crippen molar-refractivity contribution in [2.24, 2.45) is 0 Å². The summed E-state index contributed by atoms with van der Waals surface area (Å²) in [5.74, 6) is -0.108. The molecular weight excluding hydrogens is 350 g/mol. The van der Waals surface area contributed by atoms with Crippen LogP contribution in [0.15, 0.2) is 47.3 Å². The monoisotopic (exact) mass is 375 g/mol. The van der Waals surface area contributed by atoms with Crippen molar-refractivity contribution in [2.75, 3.05) is 7.05 Å². The number of carbonyl (C=O) groups excluding carboxylic acids is 1. The van der Waals surface area contributed by atoms with Gasteiger partial charge < -0.3 is 9.88 Å². The molecule has 0 aliphatic rings. The van der Waals surface area contributed by atoms with Crippen LogP contribution in [0.5, 0.6) is 0 Å². The van der Waals surface area contributed by atoms with Gasteiger partial charge in [-0.25, -0.2) is 0 Å². The first-order chi connectivity index (χ1) is 13.2. The van der Waals surface area contributed by atoms with Crippen LogP contribution < -0.4 is 5.56 Å². The van der Waals surface area contributed by atoms with Gasteiger partial charge >= 0.3 is 0 Å². The third-order valence-electron chi connectivity index (χ3n) is 4.82. The van der Waals surface area contributed by atoms with Crippen molar-refractivity contribution >= 4 is 5.91 Å². The number of H-pyrrole nitrogens is 1. The molecule has 0 unspecified atom stereocenters. The molecular formula is C23H25N3O2. The van der Waals surface area contributed by atoms with Crippen LogP contribution >= 0.6 is 0 Å². The Balaban J connectivity index is 1.88. The summed E-state index contributed by atoms with van der Waals surface area (Å²) in [4.78, 5) is 34.3. The van der Waals surface area contributed by atoms with Crippen LogP contribution in [-0.4, -0.2) is 27.8 Å². The average Bonchev–Trinajstić information content (AvgIpc) is 2.63. The lowest BCUT2D eigenvalue weighted by molar-refractivity contribution is 0.0783. The van der Waals surface area contributed by atoms with Gasteiger partial charge in [0.15, 0.2) is 0 Å². The van der Waals surface area contributed by atoms with Gasteiger partial charge in [-0.1, -0.05) is 12.1 Å². The van der Waals surface area contributed by atoms with E-state index in [4.69, 9.17) is 0 Å². The number of aromatic amines is 1. The molecule has 2 aromatic heterocycles. The summed E-state index contributed by atoms with van der Waals surface area (Å²) >= 11 is 0. The molecule has 5 heteroatoms.